The predicted octanol–water partition coefficient (Wildman–Crippen LogP) is 6.05. The van der Waals surface area contributed by atoms with Crippen LogP contribution >= 0.6 is 11.8 Å². The van der Waals surface area contributed by atoms with Gasteiger partial charge in [0, 0.05) is 6.54 Å². The van der Waals surface area contributed by atoms with E-state index in [1.165, 1.54) is 11.8 Å². The highest BCUT2D eigenvalue weighted by Gasteiger charge is 2.56. The van der Waals surface area contributed by atoms with Crippen LogP contribution in [0.2, 0.25) is 0 Å². The standard InChI is InChI=1S/C30H41NO7S.C2H6/c1-6-10-29-16-23(34-5)26(25(29)20-15-22-21(35-18-36-22)14-19(20)9-13-31-29)37-27(33)30(17-24(32)39-7-2)12-8-11-28(3,4)38-30;1-2/h14-16,25-26,31H,6-13,17-18H2,1-5H3;1-2H3/t25?,26?,29?,30-;/m0./s1. The minimum atomic E-state index is -1.33. The van der Waals surface area contributed by atoms with Crippen molar-refractivity contribution in [2.75, 3.05) is 26.2 Å². The molecule has 1 aromatic carbocycles. The first-order valence-electron chi connectivity index (χ1n) is 15.2. The van der Waals surface area contributed by atoms with E-state index in [1.807, 2.05) is 40.7 Å². The molecule has 1 N–H and O–H groups in total. The number of fused-ring (bicyclic) bond motifs is 4. The Hall–Kier alpha value is -2.23. The molecule has 0 spiro atoms. The van der Waals surface area contributed by atoms with Gasteiger partial charge in [0.05, 0.1) is 30.6 Å². The van der Waals surface area contributed by atoms with E-state index in [9.17, 15) is 9.59 Å². The normalized spacial score (nSPS) is 29.2. The first-order chi connectivity index (χ1) is 19.7. The molecule has 4 atom stereocenters. The van der Waals surface area contributed by atoms with Gasteiger partial charge >= 0.3 is 5.97 Å². The maximum Gasteiger partial charge on any atom is 0.339 e. The number of carbonyl (C=O) groups excluding carboxylic acids is 2. The summed E-state index contributed by atoms with van der Waals surface area (Å²) in [5.74, 6) is 1.97. The van der Waals surface area contributed by atoms with Crippen molar-refractivity contribution in [1.29, 1.82) is 0 Å². The maximum atomic E-state index is 14.2. The monoisotopic (exact) mass is 589 g/mol. The summed E-state index contributed by atoms with van der Waals surface area (Å²) in [4.78, 5) is 27.1. The van der Waals surface area contributed by atoms with Gasteiger partial charge < -0.3 is 29.0 Å². The zero-order chi connectivity index (χ0) is 29.8. The average Bonchev–Trinajstić information content (AvgIpc) is 3.46. The van der Waals surface area contributed by atoms with Crippen molar-refractivity contribution in [1.82, 2.24) is 5.32 Å². The van der Waals surface area contributed by atoms with Crippen LogP contribution in [0, 0.1) is 0 Å². The van der Waals surface area contributed by atoms with Crippen LogP contribution in [0.15, 0.2) is 24.0 Å². The molecule has 0 radical (unpaired) electrons. The Kier molecular flexibility index (Phi) is 10.0. The summed E-state index contributed by atoms with van der Waals surface area (Å²) in [6, 6.07) is 4.10. The van der Waals surface area contributed by atoms with Crippen LogP contribution in [0.5, 0.6) is 11.5 Å². The summed E-state index contributed by atoms with van der Waals surface area (Å²) >= 11 is 1.22. The molecule has 4 aliphatic rings. The van der Waals surface area contributed by atoms with E-state index in [2.05, 4.69) is 24.4 Å². The summed E-state index contributed by atoms with van der Waals surface area (Å²) in [7, 11) is 1.62. The van der Waals surface area contributed by atoms with E-state index in [1.54, 1.807) is 7.11 Å². The van der Waals surface area contributed by atoms with Crippen molar-refractivity contribution in [3.05, 3.63) is 35.1 Å². The largest absolute Gasteiger partial charge is 0.497 e. The number of carbonyl (C=O) groups is 2. The lowest BCUT2D eigenvalue weighted by Crippen LogP contribution is -2.54. The molecule has 41 heavy (non-hydrogen) atoms. The first-order valence-corrected chi connectivity index (χ1v) is 16.2. The maximum absolute atomic E-state index is 14.2. The highest BCUT2D eigenvalue weighted by molar-refractivity contribution is 8.13. The Bertz CT molecular complexity index is 1150. The molecule has 9 heteroatoms. The number of esters is 1. The van der Waals surface area contributed by atoms with Crippen LogP contribution < -0.4 is 14.8 Å². The lowest BCUT2D eigenvalue weighted by molar-refractivity contribution is -0.212. The Morgan fingerprint density at radius 1 is 1.12 bits per heavy atom. The number of ether oxygens (including phenoxy) is 5. The van der Waals surface area contributed by atoms with Crippen LogP contribution in [-0.2, 0) is 30.2 Å². The Morgan fingerprint density at radius 2 is 1.85 bits per heavy atom. The summed E-state index contributed by atoms with van der Waals surface area (Å²) in [6.07, 6.45) is 6.04. The second-order valence-corrected chi connectivity index (χ2v) is 12.9. The number of nitrogens with one attached hydrogen (secondary N) is 1. The molecule has 3 heterocycles. The molecule has 5 rings (SSSR count). The fourth-order valence-electron chi connectivity index (χ4n) is 6.87. The molecule has 0 saturated carbocycles. The first kappa shape index (κ1) is 31.7. The number of methoxy groups -OCH3 is 1. The Balaban J connectivity index is 0.00000189. The number of hydrogen-bond donors (Lipinski definition) is 1. The zero-order valence-electron chi connectivity index (χ0n) is 25.7. The lowest BCUT2D eigenvalue weighted by Gasteiger charge is -2.44. The van der Waals surface area contributed by atoms with Gasteiger partial charge in [0.2, 0.25) is 6.79 Å². The minimum absolute atomic E-state index is 0.00911. The molecule has 1 saturated heterocycles. The van der Waals surface area contributed by atoms with E-state index in [4.69, 9.17) is 23.7 Å². The van der Waals surface area contributed by atoms with Crippen LogP contribution in [-0.4, -0.2) is 60.1 Å². The van der Waals surface area contributed by atoms with Gasteiger partial charge in [-0.05, 0) is 81.0 Å². The van der Waals surface area contributed by atoms with Gasteiger partial charge in [0.15, 0.2) is 28.3 Å². The second-order valence-electron chi connectivity index (χ2n) is 11.6. The third-order valence-electron chi connectivity index (χ3n) is 8.43. The Labute approximate surface area is 249 Å². The fourth-order valence-corrected chi connectivity index (χ4v) is 7.52. The zero-order valence-corrected chi connectivity index (χ0v) is 26.5. The van der Waals surface area contributed by atoms with Crippen molar-refractivity contribution in [3.8, 4) is 11.5 Å². The predicted molar refractivity (Wildman–Crippen MR) is 160 cm³/mol. The molecule has 3 unspecified atom stereocenters. The van der Waals surface area contributed by atoms with E-state index in [0.717, 1.165) is 55.5 Å². The van der Waals surface area contributed by atoms with Gasteiger partial charge in [0.1, 0.15) is 5.76 Å². The van der Waals surface area contributed by atoms with Gasteiger partial charge in [0.25, 0.3) is 0 Å². The summed E-state index contributed by atoms with van der Waals surface area (Å²) in [5, 5.41) is 3.72. The fraction of sp³-hybridized carbons (Fsp3) is 0.688. The van der Waals surface area contributed by atoms with Crippen molar-refractivity contribution in [2.24, 2.45) is 0 Å². The summed E-state index contributed by atoms with van der Waals surface area (Å²) in [6.45, 7) is 13.0. The average molecular weight is 590 g/mol. The van der Waals surface area contributed by atoms with E-state index in [-0.39, 0.29) is 24.2 Å². The van der Waals surface area contributed by atoms with E-state index in [0.29, 0.717) is 23.7 Å². The molecule has 228 valence electrons. The molecular formula is C32H47NO7S. The second kappa shape index (κ2) is 13.0. The SMILES string of the molecule is CC.CCCC12C=C(OC)C(OC(=O)[C@@]3(CC(=O)SCC)CCCC(C)(C)O3)C1c1cc3c(cc1CCN2)OCO3. The molecule has 1 aliphatic carbocycles. The molecule has 0 bridgehead atoms. The smallest absolute Gasteiger partial charge is 0.339 e. The lowest BCUT2D eigenvalue weighted by atomic mass is 9.76. The third-order valence-corrected chi connectivity index (χ3v) is 9.18. The van der Waals surface area contributed by atoms with Crippen LogP contribution in [0.25, 0.3) is 0 Å². The molecule has 1 aromatic rings. The van der Waals surface area contributed by atoms with Crippen molar-refractivity contribution in [3.63, 3.8) is 0 Å². The summed E-state index contributed by atoms with van der Waals surface area (Å²) < 4.78 is 30.3. The van der Waals surface area contributed by atoms with Gasteiger partial charge in [-0.25, -0.2) is 4.79 Å². The highest BCUT2D eigenvalue weighted by Crippen LogP contribution is 2.51. The number of thioether (sulfide) groups is 1. The number of hydrogen-bond acceptors (Lipinski definition) is 9. The number of benzene rings is 1. The molecule has 0 aromatic heterocycles. The molecule has 8 nitrogen and oxygen atoms in total. The van der Waals surface area contributed by atoms with Gasteiger partial charge in [-0.15, -0.1) is 0 Å². The van der Waals surface area contributed by atoms with Crippen molar-refractivity contribution >= 4 is 22.8 Å². The van der Waals surface area contributed by atoms with Crippen LogP contribution in [0.1, 0.15) is 97.1 Å². The molecule has 1 fully saturated rings. The quantitative estimate of drug-likeness (QED) is 0.364. The van der Waals surface area contributed by atoms with Crippen molar-refractivity contribution in [2.45, 2.75) is 115 Å². The Morgan fingerprint density at radius 3 is 2.51 bits per heavy atom. The molecular weight excluding hydrogens is 542 g/mol. The minimum Gasteiger partial charge on any atom is -0.497 e. The molecule has 0 amide bonds. The topological polar surface area (TPSA) is 92.3 Å². The van der Waals surface area contributed by atoms with E-state index < -0.39 is 28.8 Å². The van der Waals surface area contributed by atoms with E-state index >= 15 is 0 Å². The number of rotatable bonds is 8. The van der Waals surface area contributed by atoms with Crippen LogP contribution in [0.4, 0.5) is 0 Å². The third kappa shape index (κ3) is 6.27. The van der Waals surface area contributed by atoms with Gasteiger partial charge in [-0.1, -0.05) is 45.9 Å². The van der Waals surface area contributed by atoms with Gasteiger partial charge in [-0.2, -0.15) is 0 Å². The summed E-state index contributed by atoms with van der Waals surface area (Å²) in [5.41, 5.74) is -0.121. The molecule has 3 aliphatic heterocycles. The van der Waals surface area contributed by atoms with Gasteiger partial charge in [-0.3, -0.25) is 4.79 Å². The van der Waals surface area contributed by atoms with Crippen LogP contribution in [0.3, 0.4) is 0 Å². The van der Waals surface area contributed by atoms with Crippen molar-refractivity contribution < 1.29 is 33.3 Å². The highest BCUT2D eigenvalue weighted by atomic mass is 32.2.